The highest BCUT2D eigenvalue weighted by Crippen LogP contribution is 2.34. The van der Waals surface area contributed by atoms with Crippen LogP contribution >= 0.6 is 35.6 Å². The summed E-state index contributed by atoms with van der Waals surface area (Å²) in [5, 5.41) is 0.560. The largest absolute Gasteiger partial charge is 0.490 e. The van der Waals surface area contributed by atoms with Crippen molar-refractivity contribution >= 4 is 51.9 Å². The Hall–Kier alpha value is -2.28. The lowest BCUT2D eigenvalue weighted by Crippen LogP contribution is -2.22. The molecule has 29 heavy (non-hydrogen) atoms. The Bertz CT molecular complexity index is 974. The maximum absolute atomic E-state index is 12.3. The minimum atomic E-state index is -0.131. The molecule has 0 atom stereocenters. The highest BCUT2D eigenvalue weighted by molar-refractivity contribution is 8.26. The number of hydrogen-bond acceptors (Lipinski definition) is 5. The Morgan fingerprint density at radius 1 is 1.17 bits per heavy atom. The van der Waals surface area contributed by atoms with Crippen LogP contribution in [0.2, 0.25) is 5.02 Å². The molecule has 0 saturated carbocycles. The fraction of sp³-hybridized carbons (Fsp3) is 0.182. The minimum Gasteiger partial charge on any atom is -0.490 e. The van der Waals surface area contributed by atoms with Gasteiger partial charge < -0.3 is 9.47 Å². The summed E-state index contributed by atoms with van der Waals surface area (Å²) in [7, 11) is 1.66. The first-order valence-electron chi connectivity index (χ1n) is 8.95. The second-order valence-corrected chi connectivity index (χ2v) is 8.33. The molecule has 0 aromatic heterocycles. The number of ether oxygens (including phenoxy) is 2. The Kier molecular flexibility index (Phi) is 7.36. The van der Waals surface area contributed by atoms with Gasteiger partial charge in [-0.3, -0.25) is 9.69 Å². The van der Waals surface area contributed by atoms with Crippen molar-refractivity contribution in [3.8, 4) is 11.5 Å². The molecule has 1 heterocycles. The lowest BCUT2D eigenvalue weighted by Gasteiger charge is -2.13. The zero-order valence-corrected chi connectivity index (χ0v) is 18.3. The second-order valence-electron chi connectivity index (χ2n) is 6.22. The number of amides is 1. The van der Waals surface area contributed by atoms with E-state index in [9.17, 15) is 4.79 Å². The van der Waals surface area contributed by atoms with Gasteiger partial charge in [-0.15, -0.1) is 6.58 Å². The molecule has 1 aliphatic heterocycles. The van der Waals surface area contributed by atoms with E-state index in [0.29, 0.717) is 33.2 Å². The van der Waals surface area contributed by atoms with Gasteiger partial charge in [0.25, 0.3) is 5.91 Å². The monoisotopic (exact) mass is 445 g/mol. The molecule has 0 spiro atoms. The van der Waals surface area contributed by atoms with Gasteiger partial charge in [0.2, 0.25) is 0 Å². The van der Waals surface area contributed by atoms with Crippen molar-refractivity contribution in [2.45, 2.75) is 6.42 Å². The Labute approximate surface area is 185 Å². The van der Waals surface area contributed by atoms with Gasteiger partial charge in [-0.25, -0.2) is 0 Å². The van der Waals surface area contributed by atoms with E-state index in [0.717, 1.165) is 23.3 Å². The first-order chi connectivity index (χ1) is 14.0. The number of allylic oxidation sites excluding steroid dienone is 1. The first-order valence-corrected chi connectivity index (χ1v) is 10.6. The van der Waals surface area contributed by atoms with Crippen molar-refractivity contribution in [1.82, 2.24) is 4.90 Å². The van der Waals surface area contributed by atoms with E-state index >= 15 is 0 Å². The van der Waals surface area contributed by atoms with Crippen molar-refractivity contribution in [3.05, 3.63) is 76.2 Å². The number of hydrogen-bond donors (Lipinski definition) is 0. The lowest BCUT2D eigenvalue weighted by molar-refractivity contribution is -0.121. The molecule has 0 aliphatic carbocycles. The van der Waals surface area contributed by atoms with E-state index in [1.165, 1.54) is 16.7 Å². The smallest absolute Gasteiger partial charge is 0.265 e. The van der Waals surface area contributed by atoms with E-state index in [-0.39, 0.29) is 5.91 Å². The maximum atomic E-state index is 12.3. The molecule has 1 saturated heterocycles. The molecule has 150 valence electrons. The lowest BCUT2D eigenvalue weighted by atomic mass is 10.1. The molecule has 1 amide bonds. The van der Waals surface area contributed by atoms with Crippen molar-refractivity contribution in [3.63, 3.8) is 0 Å². The number of thiocarbonyl (C=S) groups is 1. The topological polar surface area (TPSA) is 38.8 Å². The molecule has 4 nitrogen and oxygen atoms in total. The number of halogens is 1. The highest BCUT2D eigenvalue weighted by atomic mass is 35.5. The van der Waals surface area contributed by atoms with Crippen LogP contribution in [0.1, 0.15) is 11.1 Å². The predicted octanol–water partition coefficient (Wildman–Crippen LogP) is 5.36. The van der Waals surface area contributed by atoms with Gasteiger partial charge in [-0.1, -0.05) is 59.9 Å². The molecule has 2 aromatic rings. The number of para-hydroxylation sites is 1. The summed E-state index contributed by atoms with van der Waals surface area (Å²) in [5.74, 6) is 1.31. The molecule has 7 heteroatoms. The van der Waals surface area contributed by atoms with Crippen LogP contribution in [0, 0.1) is 0 Å². The Morgan fingerprint density at radius 2 is 1.90 bits per heavy atom. The fourth-order valence-electron chi connectivity index (χ4n) is 2.72. The second kappa shape index (κ2) is 9.96. The van der Waals surface area contributed by atoms with E-state index in [4.69, 9.17) is 33.3 Å². The van der Waals surface area contributed by atoms with Crippen LogP contribution in [-0.4, -0.2) is 35.4 Å². The van der Waals surface area contributed by atoms with Gasteiger partial charge in [0.05, 0.1) is 4.91 Å². The Morgan fingerprint density at radius 3 is 2.59 bits per heavy atom. The third-order valence-corrected chi connectivity index (χ3v) is 5.90. The van der Waals surface area contributed by atoms with Gasteiger partial charge in [0.15, 0.2) is 0 Å². The molecule has 1 aliphatic rings. The summed E-state index contributed by atoms with van der Waals surface area (Å²) in [6.45, 7) is 4.50. The Balaban J connectivity index is 1.67. The average molecular weight is 446 g/mol. The number of rotatable bonds is 8. The van der Waals surface area contributed by atoms with Crippen molar-refractivity contribution < 1.29 is 14.3 Å². The average Bonchev–Trinajstić information content (AvgIpc) is 2.94. The fourth-order valence-corrected chi connectivity index (χ4v) is 4.07. The van der Waals surface area contributed by atoms with Gasteiger partial charge in [0, 0.05) is 17.6 Å². The number of thioether (sulfide) groups is 1. The zero-order chi connectivity index (χ0) is 20.8. The molecule has 2 aromatic carbocycles. The van der Waals surface area contributed by atoms with Crippen LogP contribution in [0.4, 0.5) is 0 Å². The third kappa shape index (κ3) is 5.41. The molecule has 0 bridgehead atoms. The molecule has 0 unspecified atom stereocenters. The molecule has 1 fully saturated rings. The van der Waals surface area contributed by atoms with Crippen LogP contribution in [0.3, 0.4) is 0 Å². The van der Waals surface area contributed by atoms with E-state index in [2.05, 4.69) is 6.58 Å². The number of carbonyl (C=O) groups is 1. The van der Waals surface area contributed by atoms with Gasteiger partial charge in [-0.2, -0.15) is 0 Å². The summed E-state index contributed by atoms with van der Waals surface area (Å²) in [4.78, 5) is 14.3. The van der Waals surface area contributed by atoms with Crippen LogP contribution in [0.15, 0.2) is 60.0 Å². The normalized spacial score (nSPS) is 15.1. The molecule has 0 N–H and O–H groups in total. The number of carbonyl (C=O) groups excluding carboxylic acids is 1. The number of benzene rings is 2. The first kappa shape index (κ1) is 21.4. The van der Waals surface area contributed by atoms with Crippen molar-refractivity contribution in [2.75, 3.05) is 20.3 Å². The van der Waals surface area contributed by atoms with E-state index in [1.807, 2.05) is 30.3 Å². The molecular weight excluding hydrogens is 426 g/mol. The highest BCUT2D eigenvalue weighted by Gasteiger charge is 2.29. The predicted molar refractivity (Wildman–Crippen MR) is 124 cm³/mol. The summed E-state index contributed by atoms with van der Waals surface area (Å²) >= 11 is 12.6. The quantitative estimate of drug-likeness (QED) is 0.237. The van der Waals surface area contributed by atoms with Crippen LogP contribution in [0.5, 0.6) is 11.5 Å². The standard InChI is InChI=1S/C22H20ClNO3S2/c1-3-6-15-7-4-5-8-18(15)26-11-12-27-19-10-9-17(23)13-16(19)14-20-21(25)24(2)22(28)29-20/h3-5,7-10,13-14H,1,6,11-12H2,2H3/b20-14+. The molecule has 0 radical (unpaired) electrons. The van der Waals surface area contributed by atoms with E-state index in [1.54, 1.807) is 31.3 Å². The van der Waals surface area contributed by atoms with Gasteiger partial charge >= 0.3 is 0 Å². The summed E-state index contributed by atoms with van der Waals surface area (Å²) in [6.07, 6.45) is 4.34. The van der Waals surface area contributed by atoms with Gasteiger partial charge in [-0.05, 0) is 42.3 Å². The van der Waals surface area contributed by atoms with Crippen molar-refractivity contribution in [2.24, 2.45) is 0 Å². The maximum Gasteiger partial charge on any atom is 0.265 e. The van der Waals surface area contributed by atoms with E-state index < -0.39 is 0 Å². The van der Waals surface area contributed by atoms with Crippen LogP contribution < -0.4 is 9.47 Å². The molecular formula is C22H20ClNO3S2. The third-order valence-electron chi connectivity index (χ3n) is 4.18. The minimum absolute atomic E-state index is 0.131. The van der Waals surface area contributed by atoms with Crippen molar-refractivity contribution in [1.29, 1.82) is 0 Å². The summed E-state index contributed by atoms with van der Waals surface area (Å²) in [5.41, 5.74) is 1.80. The summed E-state index contributed by atoms with van der Waals surface area (Å²) < 4.78 is 12.3. The zero-order valence-electron chi connectivity index (χ0n) is 15.9. The SMILES string of the molecule is C=CCc1ccccc1OCCOc1ccc(Cl)cc1/C=C1/SC(=S)N(C)C1=O. The van der Waals surface area contributed by atoms with Crippen LogP contribution in [-0.2, 0) is 11.2 Å². The summed E-state index contributed by atoms with van der Waals surface area (Å²) in [6, 6.07) is 13.1. The number of likely N-dealkylation sites (N-methyl/N-ethyl adjacent to an activating group) is 1. The van der Waals surface area contributed by atoms with Gasteiger partial charge in [0.1, 0.15) is 29.0 Å². The number of nitrogens with zero attached hydrogens (tertiary/aromatic N) is 1. The van der Waals surface area contributed by atoms with Crippen LogP contribution in [0.25, 0.3) is 6.08 Å². The molecule has 3 rings (SSSR count).